The van der Waals surface area contributed by atoms with Crippen molar-refractivity contribution in [2.45, 2.75) is 31.4 Å². The summed E-state index contributed by atoms with van der Waals surface area (Å²) >= 11 is 0. The molecule has 0 aliphatic carbocycles. The maximum absolute atomic E-state index is 12.4. The molecule has 0 radical (unpaired) electrons. The van der Waals surface area contributed by atoms with Gasteiger partial charge < -0.3 is 20.5 Å². The second-order valence-corrected chi connectivity index (χ2v) is 7.47. The first kappa shape index (κ1) is 21.0. The van der Waals surface area contributed by atoms with E-state index in [4.69, 9.17) is 4.74 Å². The Hall–Kier alpha value is -2.70. The fourth-order valence-corrected chi connectivity index (χ4v) is 3.77. The molecule has 0 aromatic heterocycles. The maximum atomic E-state index is 12.4. The summed E-state index contributed by atoms with van der Waals surface area (Å²) in [5, 5.41) is 16.8. The van der Waals surface area contributed by atoms with Crippen LogP contribution in [0.3, 0.4) is 0 Å². The summed E-state index contributed by atoms with van der Waals surface area (Å²) < 4.78 is 5.42. The van der Waals surface area contributed by atoms with Crippen molar-refractivity contribution in [1.82, 2.24) is 10.6 Å². The van der Waals surface area contributed by atoms with Gasteiger partial charge in [0.1, 0.15) is 5.60 Å². The third-order valence-corrected chi connectivity index (χ3v) is 5.54. The van der Waals surface area contributed by atoms with E-state index in [2.05, 4.69) is 10.6 Å². The second-order valence-electron chi connectivity index (χ2n) is 7.47. The van der Waals surface area contributed by atoms with Gasteiger partial charge in [0.25, 0.3) is 0 Å². The number of amides is 2. The Bertz CT molecular complexity index is 806. The SMILES string of the molecule is CC(NC(=O)C(=O)NCC(O)(c1ccccc1)C1CCOCC1)c1ccccc1. The highest BCUT2D eigenvalue weighted by Gasteiger charge is 2.39. The number of aliphatic hydroxyl groups is 1. The van der Waals surface area contributed by atoms with Crippen LogP contribution >= 0.6 is 0 Å². The van der Waals surface area contributed by atoms with Gasteiger partial charge in [-0.2, -0.15) is 0 Å². The lowest BCUT2D eigenvalue weighted by Gasteiger charge is -2.39. The molecule has 154 valence electrons. The number of carbonyl (C=O) groups excluding carboxylic acids is 2. The van der Waals surface area contributed by atoms with Gasteiger partial charge in [-0.3, -0.25) is 9.59 Å². The Balaban J connectivity index is 1.65. The molecule has 29 heavy (non-hydrogen) atoms. The highest BCUT2D eigenvalue weighted by molar-refractivity contribution is 6.35. The summed E-state index contributed by atoms with van der Waals surface area (Å²) in [6, 6.07) is 18.4. The van der Waals surface area contributed by atoms with E-state index < -0.39 is 17.4 Å². The molecule has 1 aliphatic heterocycles. The van der Waals surface area contributed by atoms with E-state index in [1.165, 1.54) is 0 Å². The van der Waals surface area contributed by atoms with Gasteiger partial charge in [-0.15, -0.1) is 0 Å². The molecule has 1 fully saturated rings. The second kappa shape index (κ2) is 9.67. The topological polar surface area (TPSA) is 87.7 Å². The minimum atomic E-state index is -1.26. The van der Waals surface area contributed by atoms with Gasteiger partial charge in [0.2, 0.25) is 0 Å². The number of rotatable bonds is 6. The number of hydrogen-bond donors (Lipinski definition) is 3. The van der Waals surface area contributed by atoms with Crippen LogP contribution < -0.4 is 10.6 Å². The summed E-state index contributed by atoms with van der Waals surface area (Å²) in [4.78, 5) is 24.7. The minimum absolute atomic E-state index is 0.0341. The molecule has 3 rings (SSSR count). The Labute approximate surface area is 171 Å². The first-order valence-corrected chi connectivity index (χ1v) is 10.00. The smallest absolute Gasteiger partial charge is 0.309 e. The van der Waals surface area contributed by atoms with E-state index in [0.29, 0.717) is 26.1 Å². The Kier molecular flexibility index (Phi) is 7.01. The van der Waals surface area contributed by atoms with Crippen molar-refractivity contribution in [3.8, 4) is 0 Å². The first-order valence-electron chi connectivity index (χ1n) is 10.00. The van der Waals surface area contributed by atoms with Crippen LogP contribution in [-0.4, -0.2) is 36.7 Å². The molecule has 2 atom stereocenters. The largest absolute Gasteiger partial charge is 0.383 e. The van der Waals surface area contributed by atoms with Crippen molar-refractivity contribution in [1.29, 1.82) is 0 Å². The minimum Gasteiger partial charge on any atom is -0.383 e. The zero-order valence-corrected chi connectivity index (χ0v) is 16.6. The summed E-state index contributed by atoms with van der Waals surface area (Å²) in [7, 11) is 0. The molecule has 6 nitrogen and oxygen atoms in total. The van der Waals surface area contributed by atoms with E-state index in [1.54, 1.807) is 0 Å². The number of nitrogens with one attached hydrogen (secondary N) is 2. The fourth-order valence-electron chi connectivity index (χ4n) is 3.77. The van der Waals surface area contributed by atoms with E-state index in [-0.39, 0.29) is 18.5 Å². The van der Waals surface area contributed by atoms with Gasteiger partial charge in [-0.05, 0) is 36.8 Å². The predicted octanol–water partition coefficient (Wildman–Crippen LogP) is 2.29. The third kappa shape index (κ3) is 5.22. The van der Waals surface area contributed by atoms with E-state index in [0.717, 1.165) is 11.1 Å². The van der Waals surface area contributed by atoms with Crippen molar-refractivity contribution >= 4 is 11.8 Å². The lowest BCUT2D eigenvalue weighted by molar-refractivity contribution is -0.141. The van der Waals surface area contributed by atoms with Crippen LogP contribution in [0.2, 0.25) is 0 Å². The summed E-state index contributed by atoms with van der Waals surface area (Å²) in [5.74, 6) is -1.54. The maximum Gasteiger partial charge on any atom is 0.309 e. The van der Waals surface area contributed by atoms with Gasteiger partial charge in [-0.1, -0.05) is 60.7 Å². The molecule has 1 heterocycles. The lowest BCUT2D eigenvalue weighted by Crippen LogP contribution is -2.50. The molecule has 0 bridgehead atoms. The lowest BCUT2D eigenvalue weighted by atomic mass is 9.77. The molecule has 1 saturated heterocycles. The number of benzene rings is 2. The molecule has 2 aromatic rings. The Morgan fingerprint density at radius 1 is 1.03 bits per heavy atom. The molecular formula is C23H28N2O4. The number of hydrogen-bond acceptors (Lipinski definition) is 4. The van der Waals surface area contributed by atoms with Crippen LogP contribution in [0, 0.1) is 5.92 Å². The van der Waals surface area contributed by atoms with Crippen LogP contribution in [0.1, 0.15) is 36.9 Å². The zero-order chi connectivity index (χ0) is 20.7. The van der Waals surface area contributed by atoms with Crippen LogP contribution in [0.4, 0.5) is 0 Å². The average Bonchev–Trinajstić information content (AvgIpc) is 2.79. The standard InChI is InChI=1S/C23H28N2O4/c1-17(18-8-4-2-5-9-18)25-22(27)21(26)24-16-23(28,19-10-6-3-7-11-19)20-12-14-29-15-13-20/h2-11,17,20,28H,12-16H2,1H3,(H,24,26)(H,25,27). The van der Waals surface area contributed by atoms with Crippen LogP contribution in [-0.2, 0) is 19.9 Å². The molecule has 2 aromatic carbocycles. The molecule has 2 amide bonds. The van der Waals surface area contributed by atoms with E-state index in [9.17, 15) is 14.7 Å². The quantitative estimate of drug-likeness (QED) is 0.654. The molecule has 2 unspecified atom stereocenters. The van der Waals surface area contributed by atoms with Crippen molar-refractivity contribution in [3.05, 3.63) is 71.8 Å². The molecule has 6 heteroatoms. The van der Waals surface area contributed by atoms with Crippen molar-refractivity contribution in [2.75, 3.05) is 19.8 Å². The average molecular weight is 396 g/mol. The summed E-state index contributed by atoms with van der Waals surface area (Å²) in [6.07, 6.45) is 1.39. The molecular weight excluding hydrogens is 368 g/mol. The van der Waals surface area contributed by atoms with Crippen LogP contribution in [0.15, 0.2) is 60.7 Å². The monoisotopic (exact) mass is 396 g/mol. The summed E-state index contributed by atoms with van der Waals surface area (Å²) in [5.41, 5.74) is 0.383. The molecule has 3 N–H and O–H groups in total. The number of carbonyl (C=O) groups is 2. The Morgan fingerprint density at radius 2 is 1.62 bits per heavy atom. The van der Waals surface area contributed by atoms with Gasteiger partial charge in [-0.25, -0.2) is 0 Å². The third-order valence-electron chi connectivity index (χ3n) is 5.54. The van der Waals surface area contributed by atoms with Gasteiger partial charge >= 0.3 is 11.8 Å². The van der Waals surface area contributed by atoms with Crippen LogP contribution in [0.5, 0.6) is 0 Å². The van der Waals surface area contributed by atoms with Crippen molar-refractivity contribution in [3.63, 3.8) is 0 Å². The fraction of sp³-hybridized carbons (Fsp3) is 0.391. The normalized spacial score (nSPS) is 17.7. The molecule has 0 saturated carbocycles. The first-order chi connectivity index (χ1) is 14.0. The highest BCUT2D eigenvalue weighted by Crippen LogP contribution is 2.35. The van der Waals surface area contributed by atoms with E-state index in [1.807, 2.05) is 67.6 Å². The van der Waals surface area contributed by atoms with Crippen molar-refractivity contribution < 1.29 is 19.4 Å². The molecule has 1 aliphatic rings. The van der Waals surface area contributed by atoms with E-state index >= 15 is 0 Å². The highest BCUT2D eigenvalue weighted by atomic mass is 16.5. The Morgan fingerprint density at radius 3 is 2.24 bits per heavy atom. The molecule has 0 spiro atoms. The van der Waals surface area contributed by atoms with Gasteiger partial charge in [0.05, 0.1) is 12.6 Å². The zero-order valence-electron chi connectivity index (χ0n) is 16.6. The van der Waals surface area contributed by atoms with Gasteiger partial charge in [0.15, 0.2) is 0 Å². The predicted molar refractivity (Wildman–Crippen MR) is 110 cm³/mol. The van der Waals surface area contributed by atoms with Crippen molar-refractivity contribution in [2.24, 2.45) is 5.92 Å². The number of ether oxygens (including phenoxy) is 1. The summed E-state index contributed by atoms with van der Waals surface area (Å²) in [6.45, 7) is 2.93. The van der Waals surface area contributed by atoms with Gasteiger partial charge in [0, 0.05) is 13.2 Å². The van der Waals surface area contributed by atoms with Crippen LogP contribution in [0.25, 0.3) is 0 Å².